The third kappa shape index (κ3) is 3.58. The van der Waals surface area contributed by atoms with Gasteiger partial charge >= 0.3 is 0 Å². The summed E-state index contributed by atoms with van der Waals surface area (Å²) in [6, 6.07) is 13.4. The monoisotopic (exact) mass is 417 g/mol. The van der Waals surface area contributed by atoms with Gasteiger partial charge in [0, 0.05) is 18.5 Å². The Balaban J connectivity index is 1.52. The van der Waals surface area contributed by atoms with Crippen LogP contribution in [-0.4, -0.2) is 56.5 Å². The lowest BCUT2D eigenvalue weighted by atomic mass is 10.2. The highest BCUT2D eigenvalue weighted by Gasteiger charge is 2.15. The quantitative estimate of drug-likeness (QED) is 0.392. The van der Waals surface area contributed by atoms with E-state index in [1.54, 1.807) is 4.68 Å². The highest BCUT2D eigenvalue weighted by Crippen LogP contribution is 2.28. The Morgan fingerprint density at radius 1 is 1.23 bits per heavy atom. The zero-order valence-electron chi connectivity index (χ0n) is 17.4. The SMILES string of the molecule is CCN(C)CCNCc1nc2c(oc3ccc(-n4nnc5ccccc54)cc32)c(=O)[nH]1. The molecule has 31 heavy (non-hydrogen) atoms. The number of para-hydroxylation sites is 1. The summed E-state index contributed by atoms with van der Waals surface area (Å²) in [6.07, 6.45) is 0. The van der Waals surface area contributed by atoms with E-state index in [-0.39, 0.29) is 11.1 Å². The number of H-pyrrole nitrogens is 1. The van der Waals surface area contributed by atoms with Crippen LogP contribution in [0.1, 0.15) is 12.7 Å². The van der Waals surface area contributed by atoms with Gasteiger partial charge in [0.1, 0.15) is 22.4 Å². The van der Waals surface area contributed by atoms with E-state index >= 15 is 0 Å². The highest BCUT2D eigenvalue weighted by molar-refractivity contribution is 6.02. The van der Waals surface area contributed by atoms with Crippen LogP contribution in [0.15, 0.2) is 51.7 Å². The molecule has 0 radical (unpaired) electrons. The van der Waals surface area contributed by atoms with Crippen molar-refractivity contribution >= 4 is 33.1 Å². The average Bonchev–Trinajstić information content (AvgIpc) is 3.38. The van der Waals surface area contributed by atoms with Crippen LogP contribution in [0.3, 0.4) is 0 Å². The number of nitrogens with one attached hydrogen (secondary N) is 2. The van der Waals surface area contributed by atoms with Gasteiger partial charge in [-0.25, -0.2) is 9.67 Å². The predicted molar refractivity (Wildman–Crippen MR) is 119 cm³/mol. The Labute approximate surface area is 177 Å². The summed E-state index contributed by atoms with van der Waals surface area (Å²) in [6.45, 7) is 5.32. The number of furan rings is 1. The van der Waals surface area contributed by atoms with Crippen molar-refractivity contribution in [2.24, 2.45) is 0 Å². The van der Waals surface area contributed by atoms with Gasteiger partial charge in [0.2, 0.25) is 5.58 Å². The molecule has 0 saturated carbocycles. The van der Waals surface area contributed by atoms with Gasteiger partial charge in [-0.2, -0.15) is 0 Å². The molecular formula is C22H23N7O2. The number of fused-ring (bicyclic) bond motifs is 4. The third-order valence-corrected chi connectivity index (χ3v) is 5.46. The fourth-order valence-electron chi connectivity index (χ4n) is 3.60. The van der Waals surface area contributed by atoms with E-state index in [9.17, 15) is 4.79 Å². The molecule has 9 heteroatoms. The standard InChI is InChI=1S/C22H23N7O2/c1-3-28(2)11-10-23-13-19-24-20-15-12-14(8-9-18(15)31-21(20)22(30)25-19)29-17-7-5-4-6-16(17)26-27-29/h4-9,12,23H,3,10-11,13H2,1-2H3,(H,24,25,30). The minimum absolute atomic E-state index is 0.227. The van der Waals surface area contributed by atoms with Crippen molar-refractivity contribution in [1.82, 2.24) is 35.2 Å². The van der Waals surface area contributed by atoms with Gasteiger partial charge in [-0.05, 0) is 43.9 Å². The molecule has 3 aromatic heterocycles. The summed E-state index contributed by atoms with van der Waals surface area (Å²) in [7, 11) is 2.07. The molecule has 0 unspecified atom stereocenters. The van der Waals surface area contributed by atoms with E-state index < -0.39 is 0 Å². The van der Waals surface area contributed by atoms with Gasteiger partial charge in [0.15, 0.2) is 0 Å². The second-order valence-electron chi connectivity index (χ2n) is 7.54. The first-order valence-corrected chi connectivity index (χ1v) is 10.3. The summed E-state index contributed by atoms with van der Waals surface area (Å²) >= 11 is 0. The van der Waals surface area contributed by atoms with Gasteiger partial charge in [-0.15, -0.1) is 5.10 Å². The highest BCUT2D eigenvalue weighted by atomic mass is 16.3. The summed E-state index contributed by atoms with van der Waals surface area (Å²) in [5.41, 5.74) is 3.65. The van der Waals surface area contributed by atoms with Gasteiger partial charge < -0.3 is 19.6 Å². The fraction of sp³-hybridized carbons (Fsp3) is 0.273. The van der Waals surface area contributed by atoms with Crippen LogP contribution in [0.5, 0.6) is 0 Å². The van der Waals surface area contributed by atoms with Crippen molar-refractivity contribution in [3.8, 4) is 5.69 Å². The van der Waals surface area contributed by atoms with Crippen LogP contribution < -0.4 is 10.9 Å². The Hall–Kier alpha value is -3.56. The Bertz CT molecular complexity index is 1430. The molecule has 0 atom stereocenters. The minimum Gasteiger partial charge on any atom is -0.449 e. The lowest BCUT2D eigenvalue weighted by Gasteiger charge is -2.13. The molecule has 0 fully saturated rings. The Morgan fingerprint density at radius 3 is 2.97 bits per heavy atom. The molecule has 3 heterocycles. The predicted octanol–water partition coefficient (Wildman–Crippen LogP) is 2.44. The van der Waals surface area contributed by atoms with E-state index in [0.717, 1.165) is 41.7 Å². The van der Waals surface area contributed by atoms with Crippen molar-refractivity contribution in [2.75, 3.05) is 26.7 Å². The number of likely N-dealkylation sites (N-methyl/N-ethyl adjacent to an activating group) is 1. The van der Waals surface area contributed by atoms with E-state index in [0.29, 0.717) is 23.5 Å². The lowest BCUT2D eigenvalue weighted by molar-refractivity contribution is 0.348. The van der Waals surface area contributed by atoms with Crippen molar-refractivity contribution in [2.45, 2.75) is 13.5 Å². The number of aromatic amines is 1. The number of nitrogens with zero attached hydrogens (tertiary/aromatic N) is 5. The average molecular weight is 417 g/mol. The number of rotatable bonds is 7. The molecule has 0 aliphatic heterocycles. The maximum Gasteiger partial charge on any atom is 0.294 e. The minimum atomic E-state index is -0.281. The lowest BCUT2D eigenvalue weighted by Crippen LogP contribution is -2.29. The van der Waals surface area contributed by atoms with E-state index in [1.807, 2.05) is 42.5 Å². The van der Waals surface area contributed by atoms with Crippen LogP contribution in [0.4, 0.5) is 0 Å². The van der Waals surface area contributed by atoms with Crippen molar-refractivity contribution in [1.29, 1.82) is 0 Å². The summed E-state index contributed by atoms with van der Waals surface area (Å²) in [5.74, 6) is 0.580. The van der Waals surface area contributed by atoms with Crippen molar-refractivity contribution < 1.29 is 4.42 Å². The van der Waals surface area contributed by atoms with Crippen molar-refractivity contribution in [3.63, 3.8) is 0 Å². The van der Waals surface area contributed by atoms with Crippen LogP contribution in [0.25, 0.3) is 38.8 Å². The van der Waals surface area contributed by atoms with Gasteiger partial charge in [0.05, 0.1) is 17.7 Å². The summed E-state index contributed by atoms with van der Waals surface area (Å²) in [5, 5.41) is 12.6. The first kappa shape index (κ1) is 19.4. The molecule has 0 aliphatic rings. The zero-order chi connectivity index (χ0) is 21.4. The molecule has 0 bridgehead atoms. The topological polar surface area (TPSA) is 105 Å². The number of hydrogen-bond donors (Lipinski definition) is 2. The fourth-order valence-corrected chi connectivity index (χ4v) is 3.60. The van der Waals surface area contributed by atoms with Gasteiger partial charge in [0.25, 0.3) is 5.56 Å². The molecule has 5 aromatic rings. The number of aromatic nitrogens is 5. The van der Waals surface area contributed by atoms with Crippen LogP contribution >= 0.6 is 0 Å². The molecule has 5 rings (SSSR count). The normalized spacial score (nSPS) is 12.0. The molecule has 0 amide bonds. The van der Waals surface area contributed by atoms with Crippen LogP contribution in [0.2, 0.25) is 0 Å². The third-order valence-electron chi connectivity index (χ3n) is 5.46. The smallest absolute Gasteiger partial charge is 0.294 e. The molecule has 2 N–H and O–H groups in total. The second-order valence-corrected chi connectivity index (χ2v) is 7.54. The van der Waals surface area contributed by atoms with Crippen LogP contribution in [-0.2, 0) is 6.54 Å². The van der Waals surface area contributed by atoms with E-state index in [1.165, 1.54) is 0 Å². The largest absolute Gasteiger partial charge is 0.449 e. The molecule has 0 aliphatic carbocycles. The molecule has 0 spiro atoms. The summed E-state index contributed by atoms with van der Waals surface area (Å²) < 4.78 is 7.56. The molecule has 9 nitrogen and oxygen atoms in total. The first-order valence-electron chi connectivity index (χ1n) is 10.3. The van der Waals surface area contributed by atoms with Crippen molar-refractivity contribution in [3.05, 3.63) is 58.6 Å². The number of hydrogen-bond acceptors (Lipinski definition) is 7. The number of benzene rings is 2. The molecule has 0 saturated heterocycles. The molecule has 2 aromatic carbocycles. The van der Waals surface area contributed by atoms with Crippen LogP contribution in [0, 0.1) is 0 Å². The Morgan fingerprint density at radius 2 is 2.10 bits per heavy atom. The summed E-state index contributed by atoms with van der Waals surface area (Å²) in [4.78, 5) is 22.3. The second kappa shape index (κ2) is 7.93. The van der Waals surface area contributed by atoms with Gasteiger partial charge in [-0.1, -0.05) is 24.3 Å². The molecule has 158 valence electrons. The Kier molecular flexibility index (Phi) is 4.97. The maximum absolute atomic E-state index is 12.6. The van der Waals surface area contributed by atoms with Gasteiger partial charge in [-0.3, -0.25) is 4.79 Å². The van der Waals surface area contributed by atoms with E-state index in [4.69, 9.17) is 4.42 Å². The zero-order valence-corrected chi connectivity index (χ0v) is 17.4. The maximum atomic E-state index is 12.6. The van der Waals surface area contributed by atoms with E-state index in [2.05, 4.69) is 44.5 Å². The molecular weight excluding hydrogens is 394 g/mol. The first-order chi connectivity index (χ1) is 15.1.